The molecule has 0 atom stereocenters. The van der Waals surface area contributed by atoms with Gasteiger partial charge in [-0.15, -0.1) is 0 Å². The van der Waals surface area contributed by atoms with Gasteiger partial charge in [-0.25, -0.2) is 9.97 Å². The van der Waals surface area contributed by atoms with Gasteiger partial charge in [0, 0.05) is 24.7 Å². The standard InChI is InChI=1S/C17H21N3O3/c1-22-14-6-5-12(9-15(14)23-2)17-18-13(11-21)10-16(19-17)20-7-3-4-8-20/h5-6,9-10,21H,3-4,7-8,11H2,1-2H3. The van der Waals surface area contributed by atoms with E-state index >= 15 is 0 Å². The lowest BCUT2D eigenvalue weighted by atomic mass is 10.2. The minimum absolute atomic E-state index is 0.107. The van der Waals surface area contributed by atoms with Gasteiger partial charge in [0.05, 0.1) is 26.5 Å². The Kier molecular flexibility index (Phi) is 4.62. The summed E-state index contributed by atoms with van der Waals surface area (Å²) < 4.78 is 10.6. The molecule has 0 saturated carbocycles. The minimum Gasteiger partial charge on any atom is -0.493 e. The summed E-state index contributed by atoms with van der Waals surface area (Å²) >= 11 is 0. The van der Waals surface area contributed by atoms with Crippen LogP contribution in [0.2, 0.25) is 0 Å². The fraction of sp³-hybridized carbons (Fsp3) is 0.412. The Morgan fingerprint density at radius 2 is 1.78 bits per heavy atom. The molecule has 1 aliphatic rings. The summed E-state index contributed by atoms with van der Waals surface area (Å²) in [5, 5.41) is 9.51. The third kappa shape index (κ3) is 3.22. The smallest absolute Gasteiger partial charge is 0.161 e. The number of aliphatic hydroxyl groups excluding tert-OH is 1. The highest BCUT2D eigenvalue weighted by molar-refractivity contribution is 5.63. The zero-order chi connectivity index (χ0) is 16.2. The van der Waals surface area contributed by atoms with Crippen molar-refractivity contribution < 1.29 is 14.6 Å². The van der Waals surface area contributed by atoms with E-state index < -0.39 is 0 Å². The Balaban J connectivity index is 2.02. The number of anilines is 1. The van der Waals surface area contributed by atoms with Crippen molar-refractivity contribution in [3.63, 3.8) is 0 Å². The highest BCUT2D eigenvalue weighted by atomic mass is 16.5. The van der Waals surface area contributed by atoms with E-state index in [1.165, 1.54) is 12.8 Å². The molecule has 0 bridgehead atoms. The summed E-state index contributed by atoms with van der Waals surface area (Å²) in [5.74, 6) is 2.74. The summed E-state index contributed by atoms with van der Waals surface area (Å²) in [6.07, 6.45) is 2.34. The van der Waals surface area contributed by atoms with Gasteiger partial charge in [-0.3, -0.25) is 0 Å². The number of benzene rings is 1. The molecule has 0 spiro atoms. The number of hydrogen-bond acceptors (Lipinski definition) is 6. The first-order valence-electron chi connectivity index (χ1n) is 7.71. The van der Waals surface area contributed by atoms with Gasteiger partial charge in [-0.05, 0) is 31.0 Å². The van der Waals surface area contributed by atoms with Crippen molar-refractivity contribution in [3.05, 3.63) is 30.0 Å². The van der Waals surface area contributed by atoms with Crippen molar-refractivity contribution in [2.75, 3.05) is 32.2 Å². The topological polar surface area (TPSA) is 67.7 Å². The van der Waals surface area contributed by atoms with E-state index in [1.54, 1.807) is 14.2 Å². The fourth-order valence-electron chi connectivity index (χ4n) is 2.78. The maximum absolute atomic E-state index is 9.51. The Morgan fingerprint density at radius 1 is 1.04 bits per heavy atom. The van der Waals surface area contributed by atoms with Crippen LogP contribution in [0, 0.1) is 0 Å². The molecule has 1 fully saturated rings. The van der Waals surface area contributed by atoms with Gasteiger partial charge in [-0.2, -0.15) is 0 Å². The predicted octanol–water partition coefficient (Wildman–Crippen LogP) is 2.25. The van der Waals surface area contributed by atoms with Crippen molar-refractivity contribution in [2.45, 2.75) is 19.4 Å². The molecule has 1 aromatic heterocycles. The SMILES string of the molecule is COc1ccc(-c2nc(CO)cc(N3CCCC3)n2)cc1OC. The second kappa shape index (κ2) is 6.83. The molecule has 23 heavy (non-hydrogen) atoms. The maximum atomic E-state index is 9.51. The molecule has 2 aromatic rings. The van der Waals surface area contributed by atoms with Gasteiger partial charge in [-0.1, -0.05) is 0 Å². The minimum atomic E-state index is -0.107. The average molecular weight is 315 g/mol. The summed E-state index contributed by atoms with van der Waals surface area (Å²) in [5.41, 5.74) is 1.45. The van der Waals surface area contributed by atoms with Gasteiger partial charge in [0.2, 0.25) is 0 Å². The van der Waals surface area contributed by atoms with Gasteiger partial charge in [0.15, 0.2) is 17.3 Å². The van der Waals surface area contributed by atoms with Gasteiger partial charge < -0.3 is 19.5 Å². The van der Waals surface area contributed by atoms with E-state index in [9.17, 15) is 5.11 Å². The van der Waals surface area contributed by atoms with Crippen LogP contribution in [0.5, 0.6) is 11.5 Å². The first kappa shape index (κ1) is 15.6. The summed E-state index contributed by atoms with van der Waals surface area (Å²) in [6.45, 7) is 1.88. The first-order chi connectivity index (χ1) is 11.2. The van der Waals surface area contributed by atoms with Crippen molar-refractivity contribution in [1.29, 1.82) is 0 Å². The van der Waals surface area contributed by atoms with Crippen molar-refractivity contribution in [2.24, 2.45) is 0 Å². The monoisotopic (exact) mass is 315 g/mol. The molecule has 122 valence electrons. The van der Waals surface area contributed by atoms with Crippen LogP contribution in [0.15, 0.2) is 24.3 Å². The molecule has 6 heteroatoms. The lowest BCUT2D eigenvalue weighted by Gasteiger charge is -2.18. The number of methoxy groups -OCH3 is 2. The Bertz CT molecular complexity index is 685. The lowest BCUT2D eigenvalue weighted by molar-refractivity contribution is 0.277. The van der Waals surface area contributed by atoms with Crippen molar-refractivity contribution in [3.8, 4) is 22.9 Å². The third-order valence-electron chi connectivity index (χ3n) is 4.00. The fourth-order valence-corrected chi connectivity index (χ4v) is 2.78. The molecule has 1 aromatic carbocycles. The number of aliphatic hydroxyl groups is 1. The molecule has 0 unspecified atom stereocenters. The van der Waals surface area contributed by atoms with Crippen LogP contribution in [0.1, 0.15) is 18.5 Å². The Labute approximate surface area is 135 Å². The van der Waals surface area contributed by atoms with E-state index in [0.717, 1.165) is 24.5 Å². The maximum Gasteiger partial charge on any atom is 0.161 e. The molecule has 2 heterocycles. The molecule has 0 aliphatic carbocycles. The number of nitrogens with zero attached hydrogens (tertiary/aromatic N) is 3. The van der Waals surface area contributed by atoms with E-state index in [2.05, 4.69) is 14.9 Å². The second-order valence-corrected chi connectivity index (χ2v) is 5.46. The van der Waals surface area contributed by atoms with Crippen molar-refractivity contribution >= 4 is 5.82 Å². The normalized spacial score (nSPS) is 14.1. The second-order valence-electron chi connectivity index (χ2n) is 5.46. The molecule has 6 nitrogen and oxygen atoms in total. The Morgan fingerprint density at radius 3 is 2.43 bits per heavy atom. The van der Waals surface area contributed by atoms with Gasteiger partial charge in [0.25, 0.3) is 0 Å². The summed E-state index contributed by atoms with van der Waals surface area (Å²) in [7, 11) is 3.20. The van der Waals surface area contributed by atoms with E-state index in [4.69, 9.17) is 9.47 Å². The number of rotatable bonds is 5. The summed E-state index contributed by atoms with van der Waals surface area (Å²) in [4.78, 5) is 11.3. The highest BCUT2D eigenvalue weighted by Gasteiger charge is 2.17. The predicted molar refractivity (Wildman–Crippen MR) is 87.9 cm³/mol. The number of aromatic nitrogens is 2. The van der Waals surface area contributed by atoms with Crippen LogP contribution in [-0.4, -0.2) is 42.4 Å². The molecule has 1 saturated heterocycles. The molecule has 1 aliphatic heterocycles. The van der Waals surface area contributed by atoms with E-state index in [1.807, 2.05) is 24.3 Å². The lowest BCUT2D eigenvalue weighted by Crippen LogP contribution is -2.20. The first-order valence-corrected chi connectivity index (χ1v) is 7.71. The van der Waals surface area contributed by atoms with E-state index in [0.29, 0.717) is 23.0 Å². The molecule has 0 radical (unpaired) electrons. The third-order valence-corrected chi connectivity index (χ3v) is 4.00. The van der Waals surface area contributed by atoms with Crippen LogP contribution in [-0.2, 0) is 6.61 Å². The molecule has 1 N–H and O–H groups in total. The van der Waals surface area contributed by atoms with Crippen LogP contribution < -0.4 is 14.4 Å². The Hall–Kier alpha value is -2.34. The highest BCUT2D eigenvalue weighted by Crippen LogP contribution is 2.32. The zero-order valence-electron chi connectivity index (χ0n) is 13.5. The largest absolute Gasteiger partial charge is 0.493 e. The average Bonchev–Trinajstić information content (AvgIpc) is 3.15. The molecule has 0 amide bonds. The van der Waals surface area contributed by atoms with Gasteiger partial charge >= 0.3 is 0 Å². The number of hydrogen-bond donors (Lipinski definition) is 1. The van der Waals surface area contributed by atoms with Crippen LogP contribution >= 0.6 is 0 Å². The molecular weight excluding hydrogens is 294 g/mol. The van der Waals surface area contributed by atoms with Crippen molar-refractivity contribution in [1.82, 2.24) is 9.97 Å². The quantitative estimate of drug-likeness (QED) is 0.913. The van der Waals surface area contributed by atoms with Crippen LogP contribution in [0.3, 0.4) is 0 Å². The van der Waals surface area contributed by atoms with Crippen LogP contribution in [0.4, 0.5) is 5.82 Å². The zero-order valence-corrected chi connectivity index (χ0v) is 13.5. The molecular formula is C17H21N3O3. The van der Waals surface area contributed by atoms with Gasteiger partial charge in [0.1, 0.15) is 5.82 Å². The molecule has 3 rings (SSSR count). The van der Waals surface area contributed by atoms with Crippen LogP contribution in [0.25, 0.3) is 11.4 Å². The van der Waals surface area contributed by atoms with E-state index in [-0.39, 0.29) is 6.61 Å². The number of ether oxygens (including phenoxy) is 2. The summed E-state index contributed by atoms with van der Waals surface area (Å²) in [6, 6.07) is 7.43.